The smallest absolute Gasteiger partial charge is 0.329 e. The SMILES string of the molecule is CCCOc1ccc(NC(=O)C(=O)N/N=C\c2ccc(OCC(=O)Nc3c(C)cc(C)cc3C)cc2)cc1. The Labute approximate surface area is 222 Å². The summed E-state index contributed by atoms with van der Waals surface area (Å²) < 4.78 is 11.1. The van der Waals surface area contributed by atoms with E-state index in [1.165, 1.54) is 6.21 Å². The van der Waals surface area contributed by atoms with Crippen molar-refractivity contribution < 1.29 is 23.9 Å². The van der Waals surface area contributed by atoms with E-state index in [2.05, 4.69) is 21.2 Å². The molecule has 0 aliphatic carbocycles. The van der Waals surface area contributed by atoms with E-state index in [-0.39, 0.29) is 12.5 Å². The standard InChI is InChI=1S/C29H32N4O5/c1-5-14-37-24-12-8-23(9-13-24)31-28(35)29(36)33-30-17-22-6-10-25(11-7-22)38-18-26(34)32-27-20(3)15-19(2)16-21(27)4/h6-13,15-17H,5,14,18H2,1-4H3,(H,31,35)(H,32,34)(H,33,36)/b30-17-. The molecular formula is C29H32N4O5. The molecule has 0 aliphatic heterocycles. The van der Waals surface area contributed by atoms with Crippen molar-refractivity contribution in [3.8, 4) is 11.5 Å². The largest absolute Gasteiger partial charge is 0.494 e. The van der Waals surface area contributed by atoms with Crippen LogP contribution in [0.5, 0.6) is 11.5 Å². The average molecular weight is 517 g/mol. The first-order valence-corrected chi connectivity index (χ1v) is 12.2. The number of hydrazone groups is 1. The monoisotopic (exact) mass is 516 g/mol. The third kappa shape index (κ3) is 8.48. The highest BCUT2D eigenvalue weighted by atomic mass is 16.5. The molecule has 3 aromatic rings. The topological polar surface area (TPSA) is 118 Å². The third-order valence-electron chi connectivity index (χ3n) is 5.36. The quantitative estimate of drug-likeness (QED) is 0.208. The molecule has 0 spiro atoms. The van der Waals surface area contributed by atoms with Gasteiger partial charge in [-0.25, -0.2) is 5.43 Å². The number of hydrogen-bond donors (Lipinski definition) is 3. The fourth-order valence-electron chi connectivity index (χ4n) is 3.61. The fraction of sp³-hybridized carbons (Fsp3) is 0.241. The molecule has 9 nitrogen and oxygen atoms in total. The minimum Gasteiger partial charge on any atom is -0.494 e. The highest BCUT2D eigenvalue weighted by Crippen LogP contribution is 2.22. The molecule has 0 radical (unpaired) electrons. The molecule has 0 atom stereocenters. The van der Waals surface area contributed by atoms with E-state index in [4.69, 9.17) is 9.47 Å². The molecule has 0 saturated heterocycles. The van der Waals surface area contributed by atoms with Gasteiger partial charge in [-0.2, -0.15) is 5.10 Å². The van der Waals surface area contributed by atoms with Gasteiger partial charge in [0, 0.05) is 11.4 Å². The van der Waals surface area contributed by atoms with E-state index in [1.54, 1.807) is 48.5 Å². The lowest BCUT2D eigenvalue weighted by Gasteiger charge is -2.13. The van der Waals surface area contributed by atoms with E-state index >= 15 is 0 Å². The molecule has 0 fully saturated rings. The van der Waals surface area contributed by atoms with Crippen LogP contribution in [0.3, 0.4) is 0 Å². The van der Waals surface area contributed by atoms with Crippen LogP contribution in [0.1, 0.15) is 35.6 Å². The number of nitrogens with zero attached hydrogens (tertiary/aromatic N) is 1. The molecule has 3 aromatic carbocycles. The van der Waals surface area contributed by atoms with Crippen molar-refractivity contribution in [2.45, 2.75) is 34.1 Å². The number of anilines is 2. The molecule has 198 valence electrons. The highest BCUT2D eigenvalue weighted by molar-refractivity contribution is 6.39. The number of amides is 3. The number of rotatable bonds is 10. The van der Waals surface area contributed by atoms with Gasteiger partial charge >= 0.3 is 11.8 Å². The third-order valence-corrected chi connectivity index (χ3v) is 5.36. The van der Waals surface area contributed by atoms with Crippen LogP contribution in [-0.2, 0) is 14.4 Å². The number of ether oxygens (including phenoxy) is 2. The number of carbonyl (C=O) groups is 3. The molecule has 38 heavy (non-hydrogen) atoms. The van der Waals surface area contributed by atoms with E-state index in [9.17, 15) is 14.4 Å². The minimum atomic E-state index is -0.905. The lowest BCUT2D eigenvalue weighted by atomic mass is 10.1. The number of benzene rings is 3. The maximum absolute atomic E-state index is 12.3. The minimum absolute atomic E-state index is 0.139. The Morgan fingerprint density at radius 1 is 0.816 bits per heavy atom. The van der Waals surface area contributed by atoms with Gasteiger partial charge in [0.2, 0.25) is 0 Å². The summed E-state index contributed by atoms with van der Waals surface area (Å²) in [4.78, 5) is 36.4. The summed E-state index contributed by atoms with van der Waals surface area (Å²) in [6.45, 7) is 8.39. The van der Waals surface area contributed by atoms with Gasteiger partial charge in [0.25, 0.3) is 5.91 Å². The van der Waals surface area contributed by atoms with Gasteiger partial charge < -0.3 is 20.1 Å². The Bertz CT molecular complexity index is 1280. The van der Waals surface area contributed by atoms with Gasteiger partial charge in [0.1, 0.15) is 11.5 Å². The van der Waals surface area contributed by atoms with Crippen LogP contribution in [0, 0.1) is 20.8 Å². The normalized spacial score (nSPS) is 10.6. The summed E-state index contributed by atoms with van der Waals surface area (Å²) in [5.74, 6) is -0.817. The molecule has 3 N–H and O–H groups in total. The van der Waals surface area contributed by atoms with Crippen LogP contribution in [0.15, 0.2) is 65.8 Å². The summed E-state index contributed by atoms with van der Waals surface area (Å²) >= 11 is 0. The lowest BCUT2D eigenvalue weighted by molar-refractivity contribution is -0.136. The fourth-order valence-corrected chi connectivity index (χ4v) is 3.61. The first-order chi connectivity index (χ1) is 18.2. The first kappa shape index (κ1) is 27.9. The van der Waals surface area contributed by atoms with E-state index in [0.717, 1.165) is 28.8 Å². The Morgan fingerprint density at radius 3 is 2.05 bits per heavy atom. The summed E-state index contributed by atoms with van der Waals surface area (Å²) in [5.41, 5.74) is 7.24. The van der Waals surface area contributed by atoms with Crippen LogP contribution in [0.4, 0.5) is 11.4 Å². The lowest BCUT2D eigenvalue weighted by Crippen LogP contribution is -2.32. The Morgan fingerprint density at radius 2 is 1.42 bits per heavy atom. The van der Waals surface area contributed by atoms with Crippen molar-refractivity contribution in [1.82, 2.24) is 5.43 Å². The van der Waals surface area contributed by atoms with Crippen LogP contribution >= 0.6 is 0 Å². The number of nitrogens with one attached hydrogen (secondary N) is 3. The van der Waals surface area contributed by atoms with Crippen LogP contribution in [-0.4, -0.2) is 37.1 Å². The Balaban J connectivity index is 1.43. The Hall–Kier alpha value is -4.66. The molecule has 0 unspecified atom stereocenters. The van der Waals surface area contributed by atoms with Gasteiger partial charge in [-0.15, -0.1) is 0 Å². The zero-order valence-electron chi connectivity index (χ0n) is 22.0. The van der Waals surface area contributed by atoms with Crippen LogP contribution in [0.25, 0.3) is 0 Å². The number of hydrogen-bond acceptors (Lipinski definition) is 6. The zero-order valence-corrected chi connectivity index (χ0v) is 22.0. The predicted molar refractivity (Wildman–Crippen MR) is 148 cm³/mol. The number of aryl methyl sites for hydroxylation is 3. The van der Waals surface area contributed by atoms with Crippen molar-refractivity contribution in [1.29, 1.82) is 0 Å². The molecule has 0 aromatic heterocycles. The molecule has 3 rings (SSSR count). The van der Waals surface area contributed by atoms with Gasteiger partial charge in [-0.3, -0.25) is 14.4 Å². The maximum Gasteiger partial charge on any atom is 0.329 e. The van der Waals surface area contributed by atoms with Crippen molar-refractivity contribution in [2.24, 2.45) is 5.10 Å². The first-order valence-electron chi connectivity index (χ1n) is 12.2. The highest BCUT2D eigenvalue weighted by Gasteiger charge is 2.13. The van der Waals surface area contributed by atoms with Crippen molar-refractivity contribution >= 4 is 35.3 Å². The Kier molecular flexibility index (Phi) is 9.99. The second-order valence-corrected chi connectivity index (χ2v) is 8.71. The molecule has 3 amide bonds. The van der Waals surface area contributed by atoms with E-state index in [1.807, 2.05) is 39.8 Å². The summed E-state index contributed by atoms with van der Waals surface area (Å²) in [7, 11) is 0. The van der Waals surface area contributed by atoms with Gasteiger partial charge in [-0.05, 0) is 92.4 Å². The maximum atomic E-state index is 12.3. The summed E-state index contributed by atoms with van der Waals surface area (Å²) in [6, 6.07) is 17.5. The van der Waals surface area contributed by atoms with Crippen molar-refractivity contribution in [3.05, 3.63) is 82.9 Å². The molecule has 0 saturated carbocycles. The van der Waals surface area contributed by atoms with Crippen LogP contribution < -0.4 is 25.5 Å². The van der Waals surface area contributed by atoms with Gasteiger partial charge in [0.05, 0.1) is 12.8 Å². The molecule has 9 heteroatoms. The van der Waals surface area contributed by atoms with Crippen molar-refractivity contribution in [3.63, 3.8) is 0 Å². The molecule has 0 aliphatic rings. The second-order valence-electron chi connectivity index (χ2n) is 8.71. The van der Waals surface area contributed by atoms with Crippen LogP contribution in [0.2, 0.25) is 0 Å². The molecule has 0 heterocycles. The van der Waals surface area contributed by atoms with E-state index < -0.39 is 11.8 Å². The molecule has 0 bridgehead atoms. The molecular weight excluding hydrogens is 484 g/mol. The summed E-state index contributed by atoms with van der Waals surface area (Å²) in [5, 5.41) is 9.21. The predicted octanol–water partition coefficient (Wildman–Crippen LogP) is 4.51. The second kappa shape index (κ2) is 13.6. The van der Waals surface area contributed by atoms with E-state index in [0.29, 0.717) is 29.4 Å². The van der Waals surface area contributed by atoms with Gasteiger partial charge in [0.15, 0.2) is 6.61 Å². The van der Waals surface area contributed by atoms with Gasteiger partial charge in [-0.1, -0.05) is 24.6 Å². The number of carbonyl (C=O) groups excluding carboxylic acids is 3. The average Bonchev–Trinajstić information content (AvgIpc) is 2.89. The summed E-state index contributed by atoms with van der Waals surface area (Å²) in [6.07, 6.45) is 2.29. The van der Waals surface area contributed by atoms with Crippen molar-refractivity contribution in [2.75, 3.05) is 23.8 Å². The zero-order chi connectivity index (χ0) is 27.5.